The molecule has 0 aliphatic carbocycles. The lowest BCUT2D eigenvalue weighted by Gasteiger charge is -2.19. The van der Waals surface area contributed by atoms with Gasteiger partial charge >= 0.3 is 0 Å². The fraction of sp³-hybridized carbons (Fsp3) is 0.0455. The average molecular weight is 348 g/mol. The number of rotatable bonds is 5. The molecule has 0 aliphatic heterocycles. The second-order valence-electron chi connectivity index (χ2n) is 5.65. The molecular weight excluding hydrogens is 330 g/mol. The maximum Gasteiger partial charge on any atom is 0.244 e. The molecular formula is C22H18ClNO. The normalized spacial score (nSPS) is 11.0. The maximum absolute atomic E-state index is 12.4. The molecule has 2 nitrogen and oxygen atoms in total. The molecule has 0 radical (unpaired) electrons. The summed E-state index contributed by atoms with van der Waals surface area (Å²) < 4.78 is 0. The molecule has 3 aromatic carbocycles. The van der Waals surface area contributed by atoms with Crippen LogP contribution in [0.1, 0.15) is 22.7 Å². The molecule has 25 heavy (non-hydrogen) atoms. The van der Waals surface area contributed by atoms with Crippen LogP contribution in [0.15, 0.2) is 91.0 Å². The Balaban J connectivity index is 1.79. The summed E-state index contributed by atoms with van der Waals surface area (Å²) in [6, 6.07) is 27.1. The van der Waals surface area contributed by atoms with Crippen LogP contribution in [0.4, 0.5) is 0 Å². The van der Waals surface area contributed by atoms with E-state index < -0.39 is 0 Å². The smallest absolute Gasteiger partial charge is 0.244 e. The molecule has 124 valence electrons. The van der Waals surface area contributed by atoms with Gasteiger partial charge in [-0.3, -0.25) is 4.79 Å². The van der Waals surface area contributed by atoms with Crippen molar-refractivity contribution in [2.75, 3.05) is 0 Å². The lowest BCUT2D eigenvalue weighted by Crippen LogP contribution is -2.27. The van der Waals surface area contributed by atoms with Gasteiger partial charge in [0.1, 0.15) is 0 Å². The second kappa shape index (κ2) is 8.32. The van der Waals surface area contributed by atoms with Crippen LogP contribution >= 0.6 is 11.6 Å². The third kappa shape index (κ3) is 4.82. The van der Waals surface area contributed by atoms with Crippen LogP contribution in [0.2, 0.25) is 5.02 Å². The molecule has 0 aliphatic rings. The van der Waals surface area contributed by atoms with Gasteiger partial charge in [-0.2, -0.15) is 0 Å². The quantitative estimate of drug-likeness (QED) is 0.627. The van der Waals surface area contributed by atoms with E-state index in [4.69, 9.17) is 11.6 Å². The first-order valence-corrected chi connectivity index (χ1v) is 8.44. The fourth-order valence-corrected chi connectivity index (χ4v) is 2.82. The Kier molecular flexibility index (Phi) is 5.65. The molecule has 0 fully saturated rings. The summed E-state index contributed by atoms with van der Waals surface area (Å²) in [7, 11) is 0. The molecule has 1 N–H and O–H groups in total. The van der Waals surface area contributed by atoms with E-state index in [-0.39, 0.29) is 11.9 Å². The monoisotopic (exact) mass is 347 g/mol. The predicted octanol–water partition coefficient (Wildman–Crippen LogP) is 5.26. The molecule has 0 aromatic heterocycles. The summed E-state index contributed by atoms with van der Waals surface area (Å²) in [5.74, 6) is -0.155. The first-order chi connectivity index (χ1) is 12.2. The highest BCUT2D eigenvalue weighted by atomic mass is 35.5. The average Bonchev–Trinajstić information content (AvgIpc) is 2.66. The van der Waals surface area contributed by atoms with E-state index in [2.05, 4.69) is 5.32 Å². The van der Waals surface area contributed by atoms with Gasteiger partial charge in [-0.15, -0.1) is 0 Å². The third-order valence-corrected chi connectivity index (χ3v) is 4.06. The zero-order valence-corrected chi connectivity index (χ0v) is 14.4. The van der Waals surface area contributed by atoms with Crippen LogP contribution in [0, 0.1) is 0 Å². The van der Waals surface area contributed by atoms with Crippen LogP contribution in [0.3, 0.4) is 0 Å². The van der Waals surface area contributed by atoms with Gasteiger partial charge in [0.25, 0.3) is 0 Å². The van der Waals surface area contributed by atoms with Gasteiger partial charge in [0, 0.05) is 11.1 Å². The highest BCUT2D eigenvalue weighted by molar-refractivity contribution is 6.30. The Hall–Kier alpha value is -2.84. The van der Waals surface area contributed by atoms with Crippen LogP contribution < -0.4 is 5.32 Å². The van der Waals surface area contributed by atoms with Gasteiger partial charge in [-0.1, -0.05) is 84.4 Å². The number of carbonyl (C=O) groups excluding carboxylic acids is 1. The minimum Gasteiger partial charge on any atom is -0.342 e. The summed E-state index contributed by atoms with van der Waals surface area (Å²) in [5, 5.41) is 3.72. The molecule has 3 heteroatoms. The summed E-state index contributed by atoms with van der Waals surface area (Å²) in [5.41, 5.74) is 2.97. The number of hydrogen-bond donors (Lipinski definition) is 1. The van der Waals surface area contributed by atoms with Crippen LogP contribution in [0.25, 0.3) is 6.08 Å². The minimum absolute atomic E-state index is 0.155. The summed E-state index contributed by atoms with van der Waals surface area (Å²) >= 11 is 5.97. The van der Waals surface area contributed by atoms with Gasteiger partial charge in [0.15, 0.2) is 0 Å². The largest absolute Gasteiger partial charge is 0.342 e. The Labute approximate surface area is 152 Å². The number of carbonyl (C=O) groups is 1. The highest BCUT2D eigenvalue weighted by Gasteiger charge is 2.15. The van der Waals surface area contributed by atoms with E-state index in [1.807, 2.05) is 78.9 Å². The Morgan fingerprint density at radius 1 is 0.840 bits per heavy atom. The van der Waals surface area contributed by atoms with Gasteiger partial charge in [-0.05, 0) is 34.9 Å². The Morgan fingerprint density at radius 2 is 1.44 bits per heavy atom. The van der Waals surface area contributed by atoms with Gasteiger partial charge in [-0.25, -0.2) is 0 Å². The molecule has 3 aromatic rings. The lowest BCUT2D eigenvalue weighted by atomic mass is 9.98. The number of hydrogen-bond acceptors (Lipinski definition) is 1. The lowest BCUT2D eigenvalue weighted by molar-refractivity contribution is -0.116. The van der Waals surface area contributed by atoms with Crippen molar-refractivity contribution in [1.29, 1.82) is 0 Å². The van der Waals surface area contributed by atoms with Crippen molar-refractivity contribution in [1.82, 2.24) is 5.32 Å². The Morgan fingerprint density at radius 3 is 2.00 bits per heavy atom. The summed E-state index contributed by atoms with van der Waals surface area (Å²) in [4.78, 5) is 12.4. The zero-order chi connectivity index (χ0) is 17.5. The van der Waals surface area contributed by atoms with Crippen molar-refractivity contribution < 1.29 is 4.79 Å². The Bertz CT molecular complexity index is 820. The van der Waals surface area contributed by atoms with Crippen LogP contribution in [-0.2, 0) is 4.79 Å². The fourth-order valence-electron chi connectivity index (χ4n) is 2.62. The molecule has 0 saturated heterocycles. The van der Waals surface area contributed by atoms with Crippen molar-refractivity contribution >= 4 is 23.6 Å². The van der Waals surface area contributed by atoms with Crippen molar-refractivity contribution in [3.8, 4) is 0 Å². The summed E-state index contributed by atoms with van der Waals surface area (Å²) in [6.45, 7) is 0. The van der Waals surface area contributed by atoms with E-state index in [0.29, 0.717) is 5.02 Å². The second-order valence-corrected chi connectivity index (χ2v) is 6.09. The molecule has 0 heterocycles. The van der Waals surface area contributed by atoms with Crippen molar-refractivity contribution in [3.05, 3.63) is 113 Å². The molecule has 0 spiro atoms. The predicted molar refractivity (Wildman–Crippen MR) is 103 cm³/mol. The molecule has 0 unspecified atom stereocenters. The first kappa shape index (κ1) is 17.0. The van der Waals surface area contributed by atoms with Crippen LogP contribution in [0.5, 0.6) is 0 Å². The van der Waals surface area contributed by atoms with Crippen molar-refractivity contribution in [2.24, 2.45) is 0 Å². The number of halogens is 1. The van der Waals surface area contributed by atoms with Gasteiger partial charge in [0.05, 0.1) is 6.04 Å². The molecule has 3 rings (SSSR count). The van der Waals surface area contributed by atoms with Crippen LogP contribution in [-0.4, -0.2) is 5.91 Å². The maximum atomic E-state index is 12.4. The molecule has 1 amide bonds. The standard InChI is InChI=1S/C22H18ClNO/c23-20-13-7-8-17(16-20)14-15-21(25)24-22(18-9-3-1-4-10-18)19-11-5-2-6-12-19/h1-16,22H,(H,24,25). The van der Waals surface area contributed by atoms with Crippen molar-refractivity contribution in [2.45, 2.75) is 6.04 Å². The molecule has 0 atom stereocenters. The molecule has 0 bridgehead atoms. The van der Waals surface area contributed by atoms with Gasteiger partial charge in [0.2, 0.25) is 5.91 Å². The topological polar surface area (TPSA) is 29.1 Å². The van der Waals surface area contributed by atoms with E-state index in [0.717, 1.165) is 16.7 Å². The molecule has 0 saturated carbocycles. The van der Waals surface area contributed by atoms with E-state index in [1.54, 1.807) is 12.1 Å². The number of benzene rings is 3. The zero-order valence-electron chi connectivity index (χ0n) is 13.6. The third-order valence-electron chi connectivity index (χ3n) is 3.83. The van der Waals surface area contributed by atoms with E-state index >= 15 is 0 Å². The van der Waals surface area contributed by atoms with E-state index in [1.165, 1.54) is 6.08 Å². The van der Waals surface area contributed by atoms with Crippen molar-refractivity contribution in [3.63, 3.8) is 0 Å². The van der Waals surface area contributed by atoms with Gasteiger partial charge < -0.3 is 5.32 Å². The SMILES string of the molecule is O=C(C=Cc1cccc(Cl)c1)NC(c1ccccc1)c1ccccc1. The summed E-state index contributed by atoms with van der Waals surface area (Å²) in [6.07, 6.45) is 3.29. The highest BCUT2D eigenvalue weighted by Crippen LogP contribution is 2.21. The number of nitrogens with one attached hydrogen (secondary N) is 1. The number of amides is 1. The van der Waals surface area contributed by atoms with E-state index in [9.17, 15) is 4.79 Å². The first-order valence-electron chi connectivity index (χ1n) is 8.06. The minimum atomic E-state index is -0.195.